The van der Waals surface area contributed by atoms with Crippen LogP contribution in [0.15, 0.2) is 18.2 Å². The zero-order valence-electron chi connectivity index (χ0n) is 13.5. The summed E-state index contributed by atoms with van der Waals surface area (Å²) in [7, 11) is 0. The van der Waals surface area contributed by atoms with Crippen LogP contribution in [0.25, 0.3) is 0 Å². The Labute approximate surface area is 140 Å². The summed E-state index contributed by atoms with van der Waals surface area (Å²) < 4.78 is 18.8. The normalized spacial score (nSPS) is 25.5. The molecule has 1 atom stereocenters. The largest absolute Gasteiger partial charge is 0.379 e. The zero-order chi connectivity index (χ0) is 17.2. The molecular weight excluding hydrogens is 311 g/mol. The van der Waals surface area contributed by atoms with Gasteiger partial charge in [0.2, 0.25) is 5.91 Å². The van der Waals surface area contributed by atoms with Crippen molar-refractivity contribution in [2.45, 2.75) is 18.5 Å². The molecule has 2 aliphatic rings. The summed E-state index contributed by atoms with van der Waals surface area (Å²) in [5.41, 5.74) is 5.94. The van der Waals surface area contributed by atoms with Gasteiger partial charge in [-0.3, -0.25) is 14.6 Å². The third-order valence-electron chi connectivity index (χ3n) is 4.99. The Balaban J connectivity index is 1.61. The number of carbonyl (C=O) groups excluding carboxylic acids is 1. The predicted molar refractivity (Wildman–Crippen MR) is 85.3 cm³/mol. The van der Waals surface area contributed by atoms with Crippen LogP contribution < -0.4 is 5.73 Å². The van der Waals surface area contributed by atoms with Gasteiger partial charge in [0.15, 0.2) is 0 Å². The van der Waals surface area contributed by atoms with Crippen molar-refractivity contribution in [1.82, 2.24) is 9.80 Å². The van der Waals surface area contributed by atoms with E-state index in [9.17, 15) is 9.18 Å². The molecule has 24 heavy (non-hydrogen) atoms. The summed E-state index contributed by atoms with van der Waals surface area (Å²) in [6, 6.07) is 6.50. The number of ether oxygens (including phenoxy) is 1. The maximum atomic E-state index is 13.4. The maximum absolute atomic E-state index is 13.4. The number of amides is 1. The van der Waals surface area contributed by atoms with Crippen LogP contribution in [0.4, 0.5) is 4.39 Å². The van der Waals surface area contributed by atoms with E-state index in [0.29, 0.717) is 26.2 Å². The molecule has 6 nitrogen and oxygen atoms in total. The van der Waals surface area contributed by atoms with Crippen LogP contribution in [-0.4, -0.2) is 60.6 Å². The molecule has 1 amide bonds. The molecule has 3 rings (SSSR count). The van der Waals surface area contributed by atoms with E-state index in [2.05, 4.69) is 9.80 Å². The van der Waals surface area contributed by atoms with Gasteiger partial charge in [0, 0.05) is 45.8 Å². The van der Waals surface area contributed by atoms with Gasteiger partial charge in [-0.25, -0.2) is 4.39 Å². The van der Waals surface area contributed by atoms with Gasteiger partial charge in [0.25, 0.3) is 0 Å². The molecule has 0 bridgehead atoms. The molecule has 2 fully saturated rings. The van der Waals surface area contributed by atoms with Crippen molar-refractivity contribution in [2.75, 3.05) is 39.4 Å². The van der Waals surface area contributed by atoms with Gasteiger partial charge < -0.3 is 10.5 Å². The maximum Gasteiger partial charge on any atom is 0.240 e. The lowest BCUT2D eigenvalue weighted by Gasteiger charge is -2.43. The van der Waals surface area contributed by atoms with Gasteiger partial charge in [0.1, 0.15) is 17.4 Å². The summed E-state index contributed by atoms with van der Waals surface area (Å²) in [5.74, 6) is -0.804. The van der Waals surface area contributed by atoms with E-state index in [1.54, 1.807) is 12.1 Å². The SMILES string of the molecule is N#Cc1cc(CN2CCN(C3(C(N)=O)CCOC3)CC2)ccc1F. The number of benzene rings is 1. The number of nitrogens with two attached hydrogens (primary N) is 1. The van der Waals surface area contributed by atoms with E-state index in [4.69, 9.17) is 15.7 Å². The molecule has 0 aliphatic carbocycles. The first kappa shape index (κ1) is 16.8. The molecule has 2 saturated heterocycles. The Morgan fingerprint density at radius 2 is 2.12 bits per heavy atom. The number of carbonyl (C=O) groups is 1. The zero-order valence-corrected chi connectivity index (χ0v) is 13.5. The second kappa shape index (κ2) is 6.85. The standard InChI is InChI=1S/C17H21FN4O2/c18-15-2-1-13(9-14(15)10-19)11-21-4-6-22(7-5-21)17(16(20)23)3-8-24-12-17/h1-2,9H,3-8,11-12H2,(H2,20,23). The Hall–Kier alpha value is -2.01. The van der Waals surface area contributed by atoms with Gasteiger partial charge in [-0.15, -0.1) is 0 Å². The highest BCUT2D eigenvalue weighted by molar-refractivity contribution is 5.85. The second-order valence-corrected chi connectivity index (χ2v) is 6.39. The molecule has 0 radical (unpaired) electrons. The van der Waals surface area contributed by atoms with Crippen LogP contribution in [0.5, 0.6) is 0 Å². The van der Waals surface area contributed by atoms with Crippen LogP contribution in [0.2, 0.25) is 0 Å². The summed E-state index contributed by atoms with van der Waals surface area (Å²) in [4.78, 5) is 16.3. The minimum Gasteiger partial charge on any atom is -0.379 e. The Kier molecular flexibility index (Phi) is 4.81. The van der Waals surface area contributed by atoms with Gasteiger partial charge in [-0.2, -0.15) is 5.26 Å². The van der Waals surface area contributed by atoms with Crippen LogP contribution >= 0.6 is 0 Å². The molecule has 128 valence electrons. The summed E-state index contributed by atoms with van der Waals surface area (Å²) in [5, 5.41) is 8.92. The summed E-state index contributed by atoms with van der Waals surface area (Å²) in [6.07, 6.45) is 0.645. The number of primary amides is 1. The second-order valence-electron chi connectivity index (χ2n) is 6.39. The fourth-order valence-electron chi connectivity index (χ4n) is 3.50. The lowest BCUT2D eigenvalue weighted by Crippen LogP contribution is -2.63. The number of hydrogen-bond acceptors (Lipinski definition) is 5. The first-order chi connectivity index (χ1) is 11.5. The molecule has 7 heteroatoms. The smallest absolute Gasteiger partial charge is 0.240 e. The molecule has 2 N–H and O–H groups in total. The molecule has 2 heterocycles. The van der Waals surface area contributed by atoms with E-state index < -0.39 is 11.4 Å². The average Bonchev–Trinajstić information content (AvgIpc) is 3.08. The Bertz CT molecular complexity index is 659. The fourth-order valence-corrected chi connectivity index (χ4v) is 3.50. The Morgan fingerprint density at radius 1 is 1.38 bits per heavy atom. The monoisotopic (exact) mass is 332 g/mol. The number of hydrogen-bond donors (Lipinski definition) is 1. The molecule has 1 unspecified atom stereocenters. The van der Waals surface area contributed by atoms with E-state index >= 15 is 0 Å². The molecular formula is C17H21FN4O2. The van der Waals surface area contributed by atoms with Crippen molar-refractivity contribution in [1.29, 1.82) is 5.26 Å². The fraction of sp³-hybridized carbons (Fsp3) is 0.529. The Morgan fingerprint density at radius 3 is 2.71 bits per heavy atom. The molecule has 1 aromatic rings. The van der Waals surface area contributed by atoms with Crippen LogP contribution in [-0.2, 0) is 16.1 Å². The third-order valence-corrected chi connectivity index (χ3v) is 4.99. The lowest BCUT2D eigenvalue weighted by molar-refractivity contribution is -0.132. The molecule has 2 aliphatic heterocycles. The van der Waals surface area contributed by atoms with Crippen molar-refractivity contribution in [3.05, 3.63) is 35.1 Å². The van der Waals surface area contributed by atoms with E-state index in [1.165, 1.54) is 6.07 Å². The number of rotatable bonds is 4. The highest BCUT2D eigenvalue weighted by Gasteiger charge is 2.46. The number of nitriles is 1. The minimum atomic E-state index is -0.671. The van der Waals surface area contributed by atoms with Crippen molar-refractivity contribution >= 4 is 5.91 Å². The van der Waals surface area contributed by atoms with E-state index in [1.807, 2.05) is 6.07 Å². The summed E-state index contributed by atoms with van der Waals surface area (Å²) >= 11 is 0. The van der Waals surface area contributed by atoms with Crippen LogP contribution in [0.3, 0.4) is 0 Å². The number of piperazine rings is 1. The molecule has 0 aromatic heterocycles. The quantitative estimate of drug-likeness (QED) is 0.866. The van der Waals surface area contributed by atoms with Gasteiger partial charge in [-0.05, 0) is 17.7 Å². The van der Waals surface area contributed by atoms with Crippen LogP contribution in [0.1, 0.15) is 17.5 Å². The van der Waals surface area contributed by atoms with Crippen molar-refractivity contribution < 1.29 is 13.9 Å². The predicted octanol–water partition coefficient (Wildman–Crippen LogP) is 0.459. The van der Waals surface area contributed by atoms with Gasteiger partial charge in [-0.1, -0.05) is 6.07 Å². The number of nitrogens with zero attached hydrogens (tertiary/aromatic N) is 3. The molecule has 1 aromatic carbocycles. The van der Waals surface area contributed by atoms with Crippen molar-refractivity contribution in [2.24, 2.45) is 5.73 Å². The van der Waals surface area contributed by atoms with Crippen molar-refractivity contribution in [3.63, 3.8) is 0 Å². The summed E-state index contributed by atoms with van der Waals surface area (Å²) in [6.45, 7) is 4.63. The highest BCUT2D eigenvalue weighted by Crippen LogP contribution is 2.27. The molecule has 0 spiro atoms. The van der Waals surface area contributed by atoms with Crippen molar-refractivity contribution in [3.8, 4) is 6.07 Å². The first-order valence-electron chi connectivity index (χ1n) is 8.09. The lowest BCUT2D eigenvalue weighted by atomic mass is 9.94. The van der Waals surface area contributed by atoms with E-state index in [-0.39, 0.29) is 11.5 Å². The van der Waals surface area contributed by atoms with Crippen LogP contribution in [0, 0.1) is 17.1 Å². The highest BCUT2D eigenvalue weighted by atomic mass is 19.1. The first-order valence-corrected chi connectivity index (χ1v) is 8.09. The topological polar surface area (TPSA) is 82.6 Å². The average molecular weight is 332 g/mol. The number of halogens is 1. The molecule has 0 saturated carbocycles. The minimum absolute atomic E-state index is 0.0712. The van der Waals surface area contributed by atoms with Gasteiger partial charge >= 0.3 is 0 Å². The van der Waals surface area contributed by atoms with Gasteiger partial charge in [0.05, 0.1) is 12.2 Å². The van der Waals surface area contributed by atoms with E-state index in [0.717, 1.165) is 31.7 Å². The third kappa shape index (κ3) is 3.13.